The molecule has 0 amide bonds. The minimum absolute atomic E-state index is 0.0674. The van der Waals surface area contributed by atoms with Crippen molar-refractivity contribution < 1.29 is 23.0 Å². The van der Waals surface area contributed by atoms with Crippen LogP contribution < -0.4 is 9.47 Å². The van der Waals surface area contributed by atoms with Gasteiger partial charge in [-0.2, -0.15) is 0 Å². The second-order valence-corrected chi connectivity index (χ2v) is 3.29. The highest BCUT2D eigenvalue weighted by molar-refractivity contribution is 5.97. The molecule has 0 N–H and O–H groups in total. The average molecular weight is 244 g/mol. The van der Waals surface area contributed by atoms with E-state index in [0.717, 1.165) is 0 Å². The first-order valence-corrected chi connectivity index (χ1v) is 5.21. The summed E-state index contributed by atoms with van der Waals surface area (Å²) in [7, 11) is 0. The third-order valence-corrected chi connectivity index (χ3v) is 2.01. The number of benzene rings is 1. The van der Waals surface area contributed by atoms with Crippen LogP contribution >= 0.6 is 0 Å². The molecule has 1 aromatic carbocycles. The molecule has 0 saturated heterocycles. The van der Waals surface area contributed by atoms with E-state index in [1.165, 1.54) is 19.1 Å². The molecule has 0 saturated carbocycles. The lowest BCUT2D eigenvalue weighted by Crippen LogP contribution is -2.05. The summed E-state index contributed by atoms with van der Waals surface area (Å²) in [5, 5.41) is 0. The van der Waals surface area contributed by atoms with Gasteiger partial charge in [0.05, 0.1) is 5.56 Å². The Hall–Kier alpha value is -1.65. The van der Waals surface area contributed by atoms with Gasteiger partial charge in [-0.05, 0) is 25.1 Å². The number of ether oxygens (including phenoxy) is 2. The van der Waals surface area contributed by atoms with Gasteiger partial charge in [-0.1, -0.05) is 0 Å². The van der Waals surface area contributed by atoms with Crippen LogP contribution in [0, 0.1) is 0 Å². The molecule has 0 radical (unpaired) electrons. The zero-order valence-electron chi connectivity index (χ0n) is 9.54. The van der Waals surface area contributed by atoms with Crippen LogP contribution in [0.3, 0.4) is 0 Å². The molecule has 17 heavy (non-hydrogen) atoms. The Morgan fingerprint density at radius 2 is 1.82 bits per heavy atom. The molecule has 94 valence electrons. The van der Waals surface area contributed by atoms with Crippen molar-refractivity contribution in [3.8, 4) is 11.5 Å². The molecule has 0 aliphatic carbocycles. The van der Waals surface area contributed by atoms with Crippen molar-refractivity contribution in [2.45, 2.75) is 6.92 Å². The predicted molar refractivity (Wildman–Crippen MR) is 59.4 cm³/mol. The van der Waals surface area contributed by atoms with E-state index in [1.54, 1.807) is 6.07 Å². The Kier molecular flexibility index (Phi) is 5.39. The maximum absolute atomic E-state index is 12.0. The number of halogens is 2. The lowest BCUT2D eigenvalue weighted by atomic mass is 10.1. The molecule has 0 aliphatic heterocycles. The summed E-state index contributed by atoms with van der Waals surface area (Å²) < 4.78 is 34.0. The third-order valence-electron chi connectivity index (χ3n) is 2.01. The van der Waals surface area contributed by atoms with Crippen LogP contribution in [0.2, 0.25) is 0 Å². The molecule has 5 heteroatoms. The van der Waals surface area contributed by atoms with E-state index in [2.05, 4.69) is 0 Å². The van der Waals surface area contributed by atoms with E-state index in [9.17, 15) is 13.6 Å². The zero-order chi connectivity index (χ0) is 12.7. The first-order chi connectivity index (χ1) is 8.19. The molecule has 0 aliphatic rings. The highest BCUT2D eigenvalue weighted by atomic mass is 19.1. The molecular weight excluding hydrogens is 230 g/mol. The first-order valence-electron chi connectivity index (χ1n) is 5.21. The van der Waals surface area contributed by atoms with Crippen molar-refractivity contribution >= 4 is 5.78 Å². The number of hydrogen-bond acceptors (Lipinski definition) is 3. The molecule has 0 heterocycles. The molecule has 0 fully saturated rings. The van der Waals surface area contributed by atoms with E-state index < -0.39 is 13.3 Å². The van der Waals surface area contributed by atoms with E-state index in [1.807, 2.05) is 0 Å². The standard InChI is InChI=1S/C12H14F2O3/c1-9(15)11-8-10(16-6-4-13)2-3-12(11)17-7-5-14/h2-3,8H,4-7H2,1H3. The Morgan fingerprint density at radius 3 is 2.41 bits per heavy atom. The zero-order valence-corrected chi connectivity index (χ0v) is 9.54. The molecule has 0 aromatic heterocycles. The molecule has 0 bridgehead atoms. The second kappa shape index (κ2) is 6.83. The number of rotatable bonds is 7. The van der Waals surface area contributed by atoms with Gasteiger partial charge in [-0.3, -0.25) is 4.79 Å². The number of Topliss-reactive ketones (excluding diaryl/α,β-unsaturated/α-hetero) is 1. The highest BCUT2D eigenvalue weighted by Crippen LogP contribution is 2.24. The van der Waals surface area contributed by atoms with Gasteiger partial charge in [0.2, 0.25) is 0 Å². The number of hydrogen-bond donors (Lipinski definition) is 0. The summed E-state index contributed by atoms with van der Waals surface area (Å²) in [6.07, 6.45) is 0. The monoisotopic (exact) mass is 244 g/mol. The van der Waals surface area contributed by atoms with E-state index in [0.29, 0.717) is 17.1 Å². The third kappa shape index (κ3) is 4.01. The van der Waals surface area contributed by atoms with Gasteiger partial charge in [0.15, 0.2) is 5.78 Å². The minimum atomic E-state index is -0.628. The Balaban J connectivity index is 2.87. The van der Waals surface area contributed by atoms with Gasteiger partial charge in [-0.25, -0.2) is 8.78 Å². The summed E-state index contributed by atoms with van der Waals surface area (Å²) in [5.74, 6) is 0.479. The highest BCUT2D eigenvalue weighted by Gasteiger charge is 2.10. The van der Waals surface area contributed by atoms with Crippen LogP contribution in [-0.2, 0) is 0 Å². The van der Waals surface area contributed by atoms with Crippen molar-refractivity contribution in [2.75, 3.05) is 26.6 Å². The average Bonchev–Trinajstić information content (AvgIpc) is 2.34. The van der Waals surface area contributed by atoms with Crippen molar-refractivity contribution in [1.29, 1.82) is 0 Å². The van der Waals surface area contributed by atoms with E-state index in [4.69, 9.17) is 9.47 Å². The molecular formula is C12H14F2O3. The van der Waals surface area contributed by atoms with Crippen molar-refractivity contribution in [3.63, 3.8) is 0 Å². The molecule has 1 rings (SSSR count). The predicted octanol–water partition coefficient (Wildman–Crippen LogP) is 2.59. The summed E-state index contributed by atoms with van der Waals surface area (Å²) >= 11 is 0. The Morgan fingerprint density at radius 1 is 1.18 bits per heavy atom. The number of carbonyl (C=O) groups excluding carboxylic acids is 1. The van der Waals surface area contributed by atoms with Gasteiger partial charge in [0, 0.05) is 0 Å². The molecule has 0 atom stereocenters. The Bertz CT molecular complexity index is 380. The first kappa shape index (κ1) is 13.4. The topological polar surface area (TPSA) is 35.5 Å². The van der Waals surface area contributed by atoms with Crippen molar-refractivity contribution in [3.05, 3.63) is 23.8 Å². The van der Waals surface area contributed by atoms with Gasteiger partial charge in [-0.15, -0.1) is 0 Å². The lowest BCUT2D eigenvalue weighted by Gasteiger charge is -2.10. The van der Waals surface area contributed by atoms with Crippen LogP contribution in [0.1, 0.15) is 17.3 Å². The maximum atomic E-state index is 12.0. The fourth-order valence-corrected chi connectivity index (χ4v) is 1.30. The van der Waals surface area contributed by atoms with Crippen LogP contribution in [0.4, 0.5) is 8.78 Å². The van der Waals surface area contributed by atoms with Crippen LogP contribution in [0.25, 0.3) is 0 Å². The quantitative estimate of drug-likeness (QED) is 0.691. The SMILES string of the molecule is CC(=O)c1cc(OCCF)ccc1OCCF. The smallest absolute Gasteiger partial charge is 0.163 e. The van der Waals surface area contributed by atoms with Gasteiger partial charge < -0.3 is 9.47 Å². The summed E-state index contributed by atoms with van der Waals surface area (Å²) in [4.78, 5) is 11.4. The van der Waals surface area contributed by atoms with Crippen molar-refractivity contribution in [2.24, 2.45) is 0 Å². The molecule has 0 unspecified atom stereocenters. The molecule has 1 aromatic rings. The largest absolute Gasteiger partial charge is 0.491 e. The lowest BCUT2D eigenvalue weighted by molar-refractivity contribution is 0.101. The van der Waals surface area contributed by atoms with Crippen molar-refractivity contribution in [1.82, 2.24) is 0 Å². The fourth-order valence-electron chi connectivity index (χ4n) is 1.30. The molecule has 0 spiro atoms. The molecule has 3 nitrogen and oxygen atoms in total. The summed E-state index contributed by atoms with van der Waals surface area (Å²) in [6.45, 7) is -0.0312. The van der Waals surface area contributed by atoms with Gasteiger partial charge in [0.25, 0.3) is 0 Å². The fraction of sp³-hybridized carbons (Fsp3) is 0.417. The van der Waals surface area contributed by atoms with Gasteiger partial charge in [0.1, 0.15) is 38.1 Å². The Labute approximate surface area is 98.3 Å². The minimum Gasteiger partial charge on any atom is -0.491 e. The van der Waals surface area contributed by atoms with Crippen LogP contribution in [0.15, 0.2) is 18.2 Å². The number of carbonyl (C=O) groups is 1. The summed E-state index contributed by atoms with van der Waals surface area (Å²) in [5.41, 5.74) is 0.301. The second-order valence-electron chi connectivity index (χ2n) is 3.29. The summed E-state index contributed by atoms with van der Waals surface area (Å²) in [6, 6.07) is 4.53. The van der Waals surface area contributed by atoms with Crippen LogP contribution in [-0.4, -0.2) is 32.3 Å². The van der Waals surface area contributed by atoms with E-state index in [-0.39, 0.29) is 19.0 Å². The number of alkyl halides is 2. The van der Waals surface area contributed by atoms with Crippen LogP contribution in [0.5, 0.6) is 11.5 Å². The van der Waals surface area contributed by atoms with E-state index >= 15 is 0 Å². The van der Waals surface area contributed by atoms with Gasteiger partial charge >= 0.3 is 0 Å². The number of ketones is 1. The maximum Gasteiger partial charge on any atom is 0.163 e. The normalized spacial score (nSPS) is 10.1.